The minimum Gasteiger partial charge on any atom is -0.481 e. The highest BCUT2D eigenvalue weighted by Gasteiger charge is 2.47. The number of pyridine rings is 1. The molecule has 138 valence electrons. The lowest BCUT2D eigenvalue weighted by Crippen LogP contribution is -2.63. The number of aromatic nitrogens is 1. The molecular formula is C20H25N3O3. The van der Waals surface area contributed by atoms with Crippen LogP contribution in [-0.2, 0) is 10.2 Å². The van der Waals surface area contributed by atoms with Crippen molar-refractivity contribution in [1.29, 1.82) is 0 Å². The van der Waals surface area contributed by atoms with Gasteiger partial charge in [0.1, 0.15) is 5.69 Å². The summed E-state index contributed by atoms with van der Waals surface area (Å²) in [5, 5.41) is 6.25. The summed E-state index contributed by atoms with van der Waals surface area (Å²) in [6.07, 6.45) is 0. The molecule has 1 fully saturated rings. The molecule has 2 aromatic rings. The number of carbonyl (C=O) groups is 1. The third kappa shape index (κ3) is 3.12. The van der Waals surface area contributed by atoms with Gasteiger partial charge in [-0.15, -0.1) is 0 Å². The van der Waals surface area contributed by atoms with Crippen LogP contribution in [0.3, 0.4) is 0 Å². The molecule has 0 unspecified atom stereocenters. The first-order chi connectivity index (χ1) is 12.5. The van der Waals surface area contributed by atoms with E-state index in [1.54, 1.807) is 12.1 Å². The molecule has 0 saturated carbocycles. The highest BCUT2D eigenvalue weighted by Crippen LogP contribution is 2.36. The van der Waals surface area contributed by atoms with Gasteiger partial charge >= 0.3 is 0 Å². The molecule has 1 aromatic heterocycles. The Morgan fingerprint density at radius 1 is 1.15 bits per heavy atom. The second kappa shape index (κ2) is 7.33. The highest BCUT2D eigenvalue weighted by molar-refractivity contribution is 6.01. The van der Waals surface area contributed by atoms with Gasteiger partial charge in [-0.05, 0) is 23.1 Å². The summed E-state index contributed by atoms with van der Waals surface area (Å²) in [6.45, 7) is 5.50. The first-order valence-electron chi connectivity index (χ1n) is 8.72. The molecule has 2 N–H and O–H groups in total. The van der Waals surface area contributed by atoms with Crippen LogP contribution in [0.1, 0.15) is 30.9 Å². The molecule has 1 aliphatic rings. The number of hydrogen-bond acceptors (Lipinski definition) is 5. The molecule has 1 saturated heterocycles. The van der Waals surface area contributed by atoms with Crippen molar-refractivity contribution in [2.45, 2.75) is 25.2 Å². The van der Waals surface area contributed by atoms with Crippen molar-refractivity contribution < 1.29 is 14.3 Å². The average molecular weight is 355 g/mol. The monoisotopic (exact) mass is 355 g/mol. The molecule has 6 heteroatoms. The number of anilines is 1. The third-order valence-electron chi connectivity index (χ3n) is 4.87. The molecule has 26 heavy (non-hydrogen) atoms. The number of hydrogen-bond donors (Lipinski definition) is 2. The molecule has 2 heterocycles. The highest BCUT2D eigenvalue weighted by atomic mass is 16.5. The summed E-state index contributed by atoms with van der Waals surface area (Å²) in [6, 6.07) is 11.6. The van der Waals surface area contributed by atoms with E-state index in [4.69, 9.17) is 9.47 Å². The number of amides is 1. The van der Waals surface area contributed by atoms with Crippen LogP contribution in [0.15, 0.2) is 36.4 Å². The molecular weight excluding hydrogens is 330 g/mol. The number of ether oxygens (including phenoxy) is 2. The van der Waals surface area contributed by atoms with E-state index < -0.39 is 5.41 Å². The van der Waals surface area contributed by atoms with Crippen molar-refractivity contribution in [2.24, 2.45) is 0 Å². The van der Waals surface area contributed by atoms with Crippen molar-refractivity contribution in [3.8, 4) is 11.8 Å². The molecule has 0 radical (unpaired) electrons. The SMILES string of the molecule is COc1ccc(NC(=O)C2(c3ccccc3C(C)C)CNC2)c(OC)n1. The largest absolute Gasteiger partial charge is 0.481 e. The van der Waals surface area contributed by atoms with E-state index in [0.717, 1.165) is 5.56 Å². The Kier molecular flexibility index (Phi) is 5.13. The summed E-state index contributed by atoms with van der Waals surface area (Å²) in [5.41, 5.74) is 2.22. The van der Waals surface area contributed by atoms with E-state index in [-0.39, 0.29) is 5.91 Å². The topological polar surface area (TPSA) is 72.5 Å². The lowest BCUT2D eigenvalue weighted by Gasteiger charge is -2.43. The Morgan fingerprint density at radius 2 is 1.88 bits per heavy atom. The van der Waals surface area contributed by atoms with Gasteiger partial charge in [-0.2, -0.15) is 4.98 Å². The zero-order valence-corrected chi connectivity index (χ0v) is 15.6. The molecule has 6 nitrogen and oxygen atoms in total. The zero-order chi connectivity index (χ0) is 18.7. The van der Waals surface area contributed by atoms with Crippen molar-refractivity contribution in [2.75, 3.05) is 32.6 Å². The molecule has 0 aliphatic carbocycles. The van der Waals surface area contributed by atoms with Gasteiger partial charge in [-0.1, -0.05) is 38.1 Å². The van der Waals surface area contributed by atoms with E-state index in [2.05, 4.69) is 41.6 Å². The number of carbonyl (C=O) groups excluding carboxylic acids is 1. The van der Waals surface area contributed by atoms with Crippen LogP contribution in [0.25, 0.3) is 0 Å². The number of methoxy groups -OCH3 is 2. The molecule has 1 aromatic carbocycles. The van der Waals surface area contributed by atoms with E-state index in [0.29, 0.717) is 36.5 Å². The van der Waals surface area contributed by atoms with Gasteiger partial charge in [0, 0.05) is 19.2 Å². The minimum absolute atomic E-state index is 0.0605. The fourth-order valence-electron chi connectivity index (χ4n) is 3.31. The summed E-state index contributed by atoms with van der Waals surface area (Å²) >= 11 is 0. The standard InChI is InChI=1S/C20H25N3O3/c1-13(2)14-7-5-6-8-15(14)20(11-21-12-20)19(24)22-16-9-10-17(25-3)23-18(16)26-4/h5-10,13,21H,11-12H2,1-4H3,(H,22,24). The summed E-state index contributed by atoms with van der Waals surface area (Å²) < 4.78 is 10.4. The smallest absolute Gasteiger partial charge is 0.240 e. The fourth-order valence-corrected chi connectivity index (χ4v) is 3.31. The van der Waals surface area contributed by atoms with E-state index in [9.17, 15) is 4.79 Å². The Balaban J connectivity index is 1.94. The number of rotatable bonds is 6. The van der Waals surface area contributed by atoms with Gasteiger partial charge in [0.15, 0.2) is 0 Å². The maximum absolute atomic E-state index is 13.2. The van der Waals surface area contributed by atoms with Crippen LogP contribution in [0, 0.1) is 0 Å². The average Bonchev–Trinajstić information content (AvgIpc) is 2.61. The Labute approximate surface area is 153 Å². The maximum atomic E-state index is 13.2. The van der Waals surface area contributed by atoms with Crippen molar-refractivity contribution in [3.05, 3.63) is 47.5 Å². The molecule has 0 atom stereocenters. The van der Waals surface area contributed by atoms with Gasteiger partial charge in [0.25, 0.3) is 0 Å². The van der Waals surface area contributed by atoms with Crippen LogP contribution in [0.4, 0.5) is 5.69 Å². The minimum atomic E-state index is -0.591. The lowest BCUT2D eigenvalue weighted by molar-refractivity contribution is -0.123. The van der Waals surface area contributed by atoms with Crippen LogP contribution in [-0.4, -0.2) is 38.2 Å². The molecule has 3 rings (SSSR count). The summed E-state index contributed by atoms with van der Waals surface area (Å²) in [5.74, 6) is 1.05. The molecule has 0 spiro atoms. The lowest BCUT2D eigenvalue weighted by atomic mass is 9.71. The van der Waals surface area contributed by atoms with E-state index >= 15 is 0 Å². The van der Waals surface area contributed by atoms with Gasteiger partial charge in [0.2, 0.25) is 17.7 Å². The van der Waals surface area contributed by atoms with Gasteiger partial charge in [-0.3, -0.25) is 4.79 Å². The summed E-state index contributed by atoms with van der Waals surface area (Å²) in [4.78, 5) is 17.5. The molecule has 1 aliphatic heterocycles. The van der Waals surface area contributed by atoms with E-state index in [1.165, 1.54) is 19.8 Å². The second-order valence-electron chi connectivity index (χ2n) is 6.79. The van der Waals surface area contributed by atoms with Crippen molar-refractivity contribution in [3.63, 3.8) is 0 Å². The van der Waals surface area contributed by atoms with Crippen LogP contribution in [0.2, 0.25) is 0 Å². The van der Waals surface area contributed by atoms with Gasteiger partial charge < -0.3 is 20.1 Å². The van der Waals surface area contributed by atoms with Crippen molar-refractivity contribution in [1.82, 2.24) is 10.3 Å². The van der Waals surface area contributed by atoms with Crippen LogP contribution >= 0.6 is 0 Å². The quantitative estimate of drug-likeness (QED) is 0.834. The summed E-state index contributed by atoms with van der Waals surface area (Å²) in [7, 11) is 3.06. The van der Waals surface area contributed by atoms with Crippen LogP contribution < -0.4 is 20.1 Å². The first-order valence-corrected chi connectivity index (χ1v) is 8.72. The number of nitrogens with zero attached hydrogens (tertiary/aromatic N) is 1. The maximum Gasteiger partial charge on any atom is 0.240 e. The third-order valence-corrected chi connectivity index (χ3v) is 4.87. The molecule has 1 amide bonds. The number of nitrogens with one attached hydrogen (secondary N) is 2. The Morgan fingerprint density at radius 3 is 2.46 bits per heavy atom. The van der Waals surface area contributed by atoms with Gasteiger partial charge in [-0.25, -0.2) is 0 Å². The van der Waals surface area contributed by atoms with Crippen LogP contribution in [0.5, 0.6) is 11.8 Å². The zero-order valence-electron chi connectivity index (χ0n) is 15.6. The normalized spacial score (nSPS) is 15.3. The fraction of sp³-hybridized carbons (Fsp3) is 0.400. The predicted molar refractivity (Wildman–Crippen MR) is 101 cm³/mol. The number of benzene rings is 1. The first kappa shape index (κ1) is 18.2. The van der Waals surface area contributed by atoms with Crippen molar-refractivity contribution >= 4 is 11.6 Å². The second-order valence-corrected chi connectivity index (χ2v) is 6.79. The van der Waals surface area contributed by atoms with E-state index in [1.807, 2.05) is 12.1 Å². The predicted octanol–water partition coefficient (Wildman–Crippen LogP) is 2.70. The van der Waals surface area contributed by atoms with Gasteiger partial charge in [0.05, 0.1) is 19.6 Å². The Hall–Kier alpha value is -2.60. The Bertz CT molecular complexity index is 801. The molecule has 0 bridgehead atoms.